The second kappa shape index (κ2) is 6.03. The summed E-state index contributed by atoms with van der Waals surface area (Å²) in [5, 5.41) is 0.378. The molecule has 5 nitrogen and oxygen atoms in total. The van der Waals surface area contributed by atoms with Crippen LogP contribution in [-0.2, 0) is 15.4 Å². The third kappa shape index (κ3) is 2.89. The Balaban J connectivity index is 2.31. The summed E-state index contributed by atoms with van der Waals surface area (Å²) in [6, 6.07) is 5.36. The Bertz CT molecular complexity index is 1180. The highest BCUT2D eigenvalue weighted by Crippen LogP contribution is 2.29. The number of aromatic nitrogens is 2. The Morgan fingerprint density at radius 2 is 1.77 bits per heavy atom. The van der Waals surface area contributed by atoms with Gasteiger partial charge in [-0.15, -0.1) is 11.3 Å². The summed E-state index contributed by atoms with van der Waals surface area (Å²) in [7, 11) is -4.04. The molecular weight excluding hydrogens is 368 g/mol. The first-order valence-corrected chi connectivity index (χ1v) is 10.5. The molecular formula is C19H22N2O3S2. The van der Waals surface area contributed by atoms with E-state index in [0.29, 0.717) is 15.8 Å². The minimum Gasteiger partial charge on any atom is -0.267 e. The highest BCUT2D eigenvalue weighted by Gasteiger charge is 2.25. The summed E-state index contributed by atoms with van der Waals surface area (Å²) < 4.78 is 27.3. The van der Waals surface area contributed by atoms with Gasteiger partial charge in [-0.3, -0.25) is 4.79 Å². The molecule has 2 heterocycles. The molecule has 1 aromatic carbocycles. The van der Waals surface area contributed by atoms with E-state index in [0.717, 1.165) is 26.3 Å². The minimum absolute atomic E-state index is 0.137. The van der Waals surface area contributed by atoms with E-state index in [9.17, 15) is 13.2 Å². The number of hydrogen-bond donors (Lipinski definition) is 0. The molecule has 0 spiro atoms. The molecule has 138 valence electrons. The number of fused-ring (bicyclic) bond motifs is 1. The van der Waals surface area contributed by atoms with E-state index in [4.69, 9.17) is 0 Å². The molecule has 3 rings (SSSR count). The van der Waals surface area contributed by atoms with Gasteiger partial charge in [-0.05, 0) is 48.9 Å². The number of hydrogen-bond acceptors (Lipinski definition) is 5. The van der Waals surface area contributed by atoms with Crippen LogP contribution in [0, 0.1) is 20.8 Å². The maximum atomic E-state index is 13.2. The molecule has 0 N–H and O–H groups in total. The van der Waals surface area contributed by atoms with Crippen molar-refractivity contribution < 1.29 is 8.42 Å². The van der Waals surface area contributed by atoms with E-state index in [1.807, 2.05) is 40.7 Å². The number of nitrogens with zero attached hydrogens (tertiary/aromatic N) is 2. The maximum Gasteiger partial charge on any atom is 0.276 e. The zero-order valence-corrected chi connectivity index (χ0v) is 17.4. The molecule has 0 atom stereocenters. The van der Waals surface area contributed by atoms with Crippen molar-refractivity contribution in [1.29, 1.82) is 0 Å². The third-order valence-electron chi connectivity index (χ3n) is 4.65. The largest absolute Gasteiger partial charge is 0.276 e. The van der Waals surface area contributed by atoms with E-state index >= 15 is 0 Å². The third-order valence-corrected chi connectivity index (χ3v) is 7.54. The summed E-state index contributed by atoms with van der Waals surface area (Å²) >= 11 is 1.40. The van der Waals surface area contributed by atoms with Crippen LogP contribution in [0.2, 0.25) is 0 Å². The van der Waals surface area contributed by atoms with E-state index in [2.05, 4.69) is 4.98 Å². The first kappa shape index (κ1) is 18.8. The fraction of sp³-hybridized carbons (Fsp3) is 0.368. The van der Waals surface area contributed by atoms with Crippen molar-refractivity contribution in [1.82, 2.24) is 8.96 Å². The lowest BCUT2D eigenvalue weighted by atomic mass is 9.87. The lowest BCUT2D eigenvalue weighted by Crippen LogP contribution is -2.28. The SMILES string of the molecule is Cc1ccc(C(C)(C)C)cc1S(=O)(=O)n1cnc2sc(C)c(C)c2c1=O. The van der Waals surface area contributed by atoms with Crippen molar-refractivity contribution in [3.05, 3.63) is 56.4 Å². The van der Waals surface area contributed by atoms with Gasteiger partial charge in [0.05, 0.1) is 10.3 Å². The van der Waals surface area contributed by atoms with Crippen LogP contribution in [0.3, 0.4) is 0 Å². The van der Waals surface area contributed by atoms with Crippen LogP contribution in [0.5, 0.6) is 0 Å². The Morgan fingerprint density at radius 3 is 2.38 bits per heavy atom. The average Bonchev–Trinajstić information content (AvgIpc) is 2.82. The molecule has 0 fully saturated rings. The van der Waals surface area contributed by atoms with Gasteiger partial charge < -0.3 is 0 Å². The molecule has 0 unspecified atom stereocenters. The smallest absolute Gasteiger partial charge is 0.267 e. The normalized spacial score (nSPS) is 12.7. The summed E-state index contributed by atoms with van der Waals surface area (Å²) in [6.07, 6.45) is 1.12. The quantitative estimate of drug-likeness (QED) is 0.665. The molecule has 0 amide bonds. The van der Waals surface area contributed by atoms with Crippen LogP contribution in [0.4, 0.5) is 0 Å². The van der Waals surface area contributed by atoms with Crippen LogP contribution >= 0.6 is 11.3 Å². The van der Waals surface area contributed by atoms with Gasteiger partial charge >= 0.3 is 0 Å². The van der Waals surface area contributed by atoms with Crippen molar-refractivity contribution in [2.24, 2.45) is 0 Å². The lowest BCUT2D eigenvalue weighted by molar-refractivity contribution is 0.577. The van der Waals surface area contributed by atoms with E-state index < -0.39 is 15.6 Å². The predicted octanol–water partition coefficient (Wildman–Crippen LogP) is 3.92. The van der Waals surface area contributed by atoms with Crippen molar-refractivity contribution >= 4 is 31.6 Å². The Hall–Kier alpha value is -1.99. The maximum absolute atomic E-state index is 13.2. The molecule has 0 bridgehead atoms. The van der Waals surface area contributed by atoms with Crippen molar-refractivity contribution in [3.8, 4) is 0 Å². The van der Waals surface area contributed by atoms with Crippen LogP contribution in [-0.4, -0.2) is 17.4 Å². The first-order chi connectivity index (χ1) is 11.9. The van der Waals surface area contributed by atoms with Gasteiger partial charge in [0.2, 0.25) is 0 Å². The number of benzene rings is 1. The Labute approximate surface area is 157 Å². The highest BCUT2D eigenvalue weighted by atomic mass is 32.2. The molecule has 2 aromatic heterocycles. The second-order valence-corrected chi connectivity index (χ2v) is 10.5. The van der Waals surface area contributed by atoms with E-state index in [-0.39, 0.29) is 10.3 Å². The summed E-state index contributed by atoms with van der Waals surface area (Å²) in [6.45, 7) is 11.5. The van der Waals surface area contributed by atoms with Crippen LogP contribution < -0.4 is 5.56 Å². The van der Waals surface area contributed by atoms with Crippen LogP contribution in [0.15, 0.2) is 34.2 Å². The topological polar surface area (TPSA) is 69.0 Å². The zero-order valence-electron chi connectivity index (χ0n) is 15.7. The molecule has 0 aliphatic heterocycles. The molecule has 3 aromatic rings. The van der Waals surface area contributed by atoms with Gasteiger partial charge in [-0.25, -0.2) is 13.4 Å². The molecule has 0 aliphatic carbocycles. The minimum atomic E-state index is -4.04. The summed E-state index contributed by atoms with van der Waals surface area (Å²) in [5.74, 6) is 0. The van der Waals surface area contributed by atoms with Crippen molar-refractivity contribution in [3.63, 3.8) is 0 Å². The van der Waals surface area contributed by atoms with Gasteiger partial charge in [-0.1, -0.05) is 32.9 Å². The van der Waals surface area contributed by atoms with Gasteiger partial charge in [0.1, 0.15) is 11.2 Å². The summed E-state index contributed by atoms with van der Waals surface area (Å²) in [5.41, 5.74) is 1.53. The molecule has 0 saturated heterocycles. The fourth-order valence-electron chi connectivity index (χ4n) is 2.84. The Morgan fingerprint density at radius 1 is 1.12 bits per heavy atom. The van der Waals surface area contributed by atoms with Crippen molar-refractivity contribution in [2.75, 3.05) is 0 Å². The first-order valence-electron chi connectivity index (χ1n) is 8.28. The predicted molar refractivity (Wildman–Crippen MR) is 106 cm³/mol. The van der Waals surface area contributed by atoms with Gasteiger partial charge in [0.25, 0.3) is 15.6 Å². The number of aryl methyl sites for hydroxylation is 3. The summed E-state index contributed by atoms with van der Waals surface area (Å²) in [4.78, 5) is 18.8. The van der Waals surface area contributed by atoms with Gasteiger partial charge in [-0.2, -0.15) is 3.97 Å². The van der Waals surface area contributed by atoms with Crippen LogP contribution in [0.1, 0.15) is 42.3 Å². The molecule has 0 saturated carbocycles. The van der Waals surface area contributed by atoms with Crippen LogP contribution in [0.25, 0.3) is 10.2 Å². The number of thiophene rings is 1. The zero-order chi connectivity index (χ0) is 19.4. The molecule has 0 radical (unpaired) electrons. The average molecular weight is 391 g/mol. The standard InChI is InChI=1S/C19H22N2O3S2/c1-11-7-8-14(19(4,5)6)9-15(11)26(23,24)21-10-20-17-16(18(21)22)12(2)13(3)25-17/h7-10H,1-6H3. The number of rotatable bonds is 2. The second-order valence-electron chi connectivity index (χ2n) is 7.54. The molecule has 7 heteroatoms. The molecule has 26 heavy (non-hydrogen) atoms. The van der Waals surface area contributed by atoms with E-state index in [1.165, 1.54) is 11.3 Å². The van der Waals surface area contributed by atoms with Gasteiger partial charge in [0, 0.05) is 4.88 Å². The van der Waals surface area contributed by atoms with Crippen molar-refractivity contribution in [2.45, 2.75) is 51.9 Å². The highest BCUT2D eigenvalue weighted by molar-refractivity contribution is 7.90. The monoisotopic (exact) mass is 390 g/mol. The molecule has 0 aliphatic rings. The Kier molecular flexibility index (Phi) is 4.36. The van der Waals surface area contributed by atoms with Gasteiger partial charge in [0.15, 0.2) is 0 Å². The fourth-order valence-corrected chi connectivity index (χ4v) is 5.27. The van der Waals surface area contributed by atoms with E-state index in [1.54, 1.807) is 19.1 Å². The lowest BCUT2D eigenvalue weighted by Gasteiger charge is -2.21.